The Labute approximate surface area is 219 Å². The topological polar surface area (TPSA) is 95.3 Å². The Hall–Kier alpha value is -3.10. The van der Waals surface area contributed by atoms with Crippen molar-refractivity contribution in [2.75, 3.05) is 19.5 Å². The Morgan fingerprint density at radius 3 is 2.53 bits per heavy atom. The van der Waals surface area contributed by atoms with E-state index in [9.17, 15) is 9.59 Å². The van der Waals surface area contributed by atoms with Crippen LogP contribution in [0.5, 0.6) is 11.5 Å². The highest BCUT2D eigenvalue weighted by atomic mass is 35.5. The number of methoxy groups -OCH3 is 2. The summed E-state index contributed by atoms with van der Waals surface area (Å²) in [5, 5.41) is 4.45. The zero-order valence-electron chi connectivity index (χ0n) is 20.4. The maximum Gasteiger partial charge on any atom is 0.260 e. The van der Waals surface area contributed by atoms with Crippen LogP contribution in [0.1, 0.15) is 32.6 Å². The zero-order chi connectivity index (χ0) is 26.0. The van der Waals surface area contributed by atoms with Gasteiger partial charge in [0.2, 0.25) is 5.95 Å². The minimum atomic E-state index is -0.302. The van der Waals surface area contributed by atoms with Gasteiger partial charge < -0.3 is 14.8 Å². The summed E-state index contributed by atoms with van der Waals surface area (Å²) in [6.07, 6.45) is 6.38. The van der Waals surface area contributed by atoms with E-state index in [0.717, 1.165) is 19.3 Å². The van der Waals surface area contributed by atoms with Gasteiger partial charge in [-0.3, -0.25) is 14.2 Å². The number of ketones is 1. The molecule has 1 fully saturated rings. The minimum absolute atomic E-state index is 0.0342. The van der Waals surface area contributed by atoms with Crippen LogP contribution in [0.15, 0.2) is 35.8 Å². The van der Waals surface area contributed by atoms with Crippen LogP contribution in [0.25, 0.3) is 22.2 Å². The molecule has 3 aromatic rings. The molecule has 0 radical (unpaired) electrons. The number of hydrogen-bond donors (Lipinski definition) is 1. The van der Waals surface area contributed by atoms with E-state index in [2.05, 4.69) is 21.9 Å². The second-order valence-electron chi connectivity index (χ2n) is 8.68. The minimum Gasteiger partial charge on any atom is -0.495 e. The summed E-state index contributed by atoms with van der Waals surface area (Å²) in [7, 11) is 2.96. The number of allylic oxidation sites excluding steroid dienone is 1. The van der Waals surface area contributed by atoms with Gasteiger partial charge in [0.1, 0.15) is 17.1 Å². The fourth-order valence-electron chi connectivity index (χ4n) is 4.80. The standard InChI is InChI=1S/C26H28Cl2N4O4/c1-5-16(33)10-14-8-7-9-18(14)30-26-29-13-15-11-17(25(34)32(6-2)24(15)31-26)21-22(27)19(35-3)12-20(36-4)23(21)28/h5,11-14,18H,1,6-10H2,2-4H3,(H,29,30,31)/t14-,18?/m1/s1. The Morgan fingerprint density at radius 2 is 1.92 bits per heavy atom. The van der Waals surface area contributed by atoms with Crippen molar-refractivity contribution in [1.29, 1.82) is 0 Å². The molecule has 2 atom stereocenters. The Bertz CT molecular complexity index is 1360. The zero-order valence-corrected chi connectivity index (χ0v) is 21.9. The molecule has 36 heavy (non-hydrogen) atoms. The number of aromatic nitrogens is 3. The van der Waals surface area contributed by atoms with E-state index >= 15 is 0 Å². The predicted molar refractivity (Wildman–Crippen MR) is 143 cm³/mol. The second kappa shape index (κ2) is 10.9. The number of carbonyl (C=O) groups excluding carboxylic acids is 1. The van der Waals surface area contributed by atoms with Crippen molar-refractivity contribution in [3.63, 3.8) is 0 Å². The molecule has 1 aromatic carbocycles. The number of benzene rings is 1. The first-order valence-electron chi connectivity index (χ1n) is 11.8. The number of aryl methyl sites for hydroxylation is 1. The van der Waals surface area contributed by atoms with Gasteiger partial charge in [0.05, 0.1) is 29.8 Å². The van der Waals surface area contributed by atoms with Crippen LogP contribution in [0.3, 0.4) is 0 Å². The Balaban J connectivity index is 1.79. The van der Waals surface area contributed by atoms with Crippen molar-refractivity contribution < 1.29 is 14.3 Å². The molecular formula is C26H28Cl2N4O4. The van der Waals surface area contributed by atoms with Crippen LogP contribution in [0.4, 0.5) is 5.95 Å². The summed E-state index contributed by atoms with van der Waals surface area (Å²) >= 11 is 13.2. The summed E-state index contributed by atoms with van der Waals surface area (Å²) < 4.78 is 12.3. The van der Waals surface area contributed by atoms with Crippen molar-refractivity contribution in [2.24, 2.45) is 5.92 Å². The van der Waals surface area contributed by atoms with Crippen LogP contribution in [-0.2, 0) is 11.3 Å². The van der Waals surface area contributed by atoms with Crippen molar-refractivity contribution in [2.45, 2.75) is 45.2 Å². The molecule has 1 N–H and O–H groups in total. The van der Waals surface area contributed by atoms with Gasteiger partial charge in [-0.05, 0) is 37.8 Å². The fourth-order valence-corrected chi connectivity index (χ4v) is 5.51. The summed E-state index contributed by atoms with van der Waals surface area (Å²) in [5.74, 6) is 1.32. The summed E-state index contributed by atoms with van der Waals surface area (Å²) in [4.78, 5) is 34.7. The van der Waals surface area contributed by atoms with E-state index in [1.165, 1.54) is 20.3 Å². The van der Waals surface area contributed by atoms with Gasteiger partial charge in [0, 0.05) is 42.2 Å². The quantitative estimate of drug-likeness (QED) is 0.363. The normalized spacial score (nSPS) is 17.2. The molecule has 0 amide bonds. The first-order chi connectivity index (χ1) is 17.3. The maximum absolute atomic E-state index is 13.6. The third kappa shape index (κ3) is 4.80. The molecule has 0 aliphatic heterocycles. The fraction of sp³-hybridized carbons (Fsp3) is 0.385. The lowest BCUT2D eigenvalue weighted by Gasteiger charge is -2.20. The molecule has 1 aliphatic carbocycles. The molecule has 2 heterocycles. The molecule has 8 nitrogen and oxygen atoms in total. The van der Waals surface area contributed by atoms with Crippen LogP contribution in [0.2, 0.25) is 10.0 Å². The van der Waals surface area contributed by atoms with Crippen molar-refractivity contribution in [3.05, 3.63) is 51.4 Å². The van der Waals surface area contributed by atoms with Crippen LogP contribution < -0.4 is 20.3 Å². The third-order valence-corrected chi connectivity index (χ3v) is 7.40. The van der Waals surface area contributed by atoms with Crippen LogP contribution in [0, 0.1) is 5.92 Å². The molecule has 0 saturated heterocycles. The van der Waals surface area contributed by atoms with Crippen molar-refractivity contribution >= 4 is 46.0 Å². The van der Waals surface area contributed by atoms with E-state index in [0.29, 0.717) is 52.6 Å². The number of fused-ring (bicyclic) bond motifs is 1. The predicted octanol–water partition coefficient (Wildman–Crippen LogP) is 5.53. The molecule has 1 saturated carbocycles. The SMILES string of the molecule is C=CC(=O)C[C@H]1CCCC1Nc1ncc2cc(-c3c(Cl)c(OC)cc(OC)c3Cl)c(=O)n(CC)c2n1. The number of pyridine rings is 1. The average Bonchev–Trinajstić information content (AvgIpc) is 3.30. The van der Waals surface area contributed by atoms with E-state index in [-0.39, 0.29) is 33.3 Å². The molecule has 1 aliphatic rings. The number of nitrogens with one attached hydrogen (secondary N) is 1. The molecule has 190 valence electrons. The van der Waals surface area contributed by atoms with Crippen molar-refractivity contribution in [1.82, 2.24) is 14.5 Å². The third-order valence-electron chi connectivity index (χ3n) is 6.65. The van der Waals surface area contributed by atoms with E-state index in [4.69, 9.17) is 32.7 Å². The maximum atomic E-state index is 13.6. The summed E-state index contributed by atoms with van der Waals surface area (Å²) in [6.45, 7) is 5.81. The number of nitrogens with zero attached hydrogens (tertiary/aromatic N) is 3. The van der Waals surface area contributed by atoms with Crippen LogP contribution in [-0.4, -0.2) is 40.6 Å². The van der Waals surface area contributed by atoms with Crippen molar-refractivity contribution in [3.8, 4) is 22.6 Å². The molecule has 10 heteroatoms. The number of hydrogen-bond acceptors (Lipinski definition) is 7. The van der Waals surface area contributed by atoms with Crippen LogP contribution >= 0.6 is 23.2 Å². The highest BCUT2D eigenvalue weighted by molar-refractivity contribution is 6.41. The van der Waals surface area contributed by atoms with E-state index in [1.807, 2.05) is 6.92 Å². The molecule has 1 unspecified atom stereocenters. The lowest BCUT2D eigenvalue weighted by Crippen LogP contribution is -2.27. The number of halogens is 2. The number of rotatable bonds is 9. The summed E-state index contributed by atoms with van der Waals surface area (Å²) in [5.41, 5.74) is 0.804. The number of carbonyl (C=O) groups is 1. The first-order valence-corrected chi connectivity index (χ1v) is 12.5. The highest BCUT2D eigenvalue weighted by Gasteiger charge is 2.29. The summed E-state index contributed by atoms with van der Waals surface area (Å²) in [6, 6.07) is 3.34. The molecule has 4 rings (SSSR count). The van der Waals surface area contributed by atoms with Gasteiger partial charge in [-0.25, -0.2) is 4.98 Å². The van der Waals surface area contributed by atoms with E-state index < -0.39 is 0 Å². The van der Waals surface area contributed by atoms with Gasteiger partial charge >= 0.3 is 0 Å². The largest absolute Gasteiger partial charge is 0.495 e. The van der Waals surface area contributed by atoms with E-state index in [1.54, 1.807) is 22.9 Å². The smallest absolute Gasteiger partial charge is 0.260 e. The molecular weight excluding hydrogens is 503 g/mol. The van der Waals surface area contributed by atoms with Gasteiger partial charge in [-0.15, -0.1) is 0 Å². The Morgan fingerprint density at radius 1 is 1.22 bits per heavy atom. The number of ether oxygens (including phenoxy) is 2. The monoisotopic (exact) mass is 530 g/mol. The average molecular weight is 531 g/mol. The highest BCUT2D eigenvalue weighted by Crippen LogP contribution is 2.45. The Kier molecular flexibility index (Phi) is 7.85. The van der Waals surface area contributed by atoms with Gasteiger partial charge in [-0.1, -0.05) is 36.2 Å². The number of anilines is 1. The van der Waals surface area contributed by atoms with Gasteiger partial charge in [0.15, 0.2) is 5.78 Å². The second-order valence-corrected chi connectivity index (χ2v) is 9.44. The first kappa shape index (κ1) is 26.0. The lowest BCUT2D eigenvalue weighted by molar-refractivity contribution is -0.115. The van der Waals surface area contributed by atoms with Gasteiger partial charge in [-0.2, -0.15) is 4.98 Å². The van der Waals surface area contributed by atoms with Gasteiger partial charge in [0.25, 0.3) is 5.56 Å². The molecule has 2 aromatic heterocycles. The lowest BCUT2D eigenvalue weighted by atomic mass is 9.97. The molecule has 0 bridgehead atoms. The molecule has 0 spiro atoms.